The van der Waals surface area contributed by atoms with Crippen LogP contribution >= 0.6 is 0 Å². The first kappa shape index (κ1) is 14.9. The number of aromatic nitrogens is 4. The third-order valence-electron chi connectivity index (χ3n) is 4.53. The number of hydrogen-bond acceptors (Lipinski definition) is 5. The monoisotopic (exact) mass is 325 g/mol. The Morgan fingerprint density at radius 3 is 3.21 bits per heavy atom. The number of carbonyl (C=O) groups is 1. The van der Waals surface area contributed by atoms with Gasteiger partial charge in [-0.25, -0.2) is 4.98 Å². The summed E-state index contributed by atoms with van der Waals surface area (Å²) in [7, 11) is 0. The predicted octanol–water partition coefficient (Wildman–Crippen LogP) is 2.53. The van der Waals surface area contributed by atoms with Gasteiger partial charge in [-0.2, -0.15) is 4.98 Å². The fourth-order valence-electron chi connectivity index (χ4n) is 3.20. The number of likely N-dealkylation sites (tertiary alicyclic amines) is 1. The van der Waals surface area contributed by atoms with Gasteiger partial charge in [-0.1, -0.05) is 12.1 Å². The highest BCUT2D eigenvalue weighted by Gasteiger charge is 2.28. The number of imidazole rings is 1. The lowest BCUT2D eigenvalue weighted by Crippen LogP contribution is -2.39. The van der Waals surface area contributed by atoms with Gasteiger partial charge < -0.3 is 14.4 Å². The molecule has 1 aliphatic heterocycles. The van der Waals surface area contributed by atoms with Crippen LogP contribution in [0.1, 0.15) is 47.8 Å². The van der Waals surface area contributed by atoms with Crippen molar-refractivity contribution in [1.29, 1.82) is 0 Å². The van der Waals surface area contributed by atoms with Gasteiger partial charge in [0.15, 0.2) is 5.82 Å². The molecule has 2 aromatic heterocycles. The van der Waals surface area contributed by atoms with Crippen LogP contribution in [0.25, 0.3) is 11.0 Å². The molecule has 124 valence electrons. The fraction of sp³-hybridized carbons (Fsp3) is 0.412. The average Bonchev–Trinajstić information content (AvgIpc) is 3.29. The molecule has 1 atom stereocenters. The topological polar surface area (TPSA) is 87.9 Å². The van der Waals surface area contributed by atoms with E-state index in [-0.39, 0.29) is 11.8 Å². The van der Waals surface area contributed by atoms with Gasteiger partial charge >= 0.3 is 0 Å². The maximum Gasteiger partial charge on any atom is 0.253 e. The number of aryl methyl sites for hydroxylation is 1. The normalized spacial score (nSPS) is 18.2. The lowest BCUT2D eigenvalue weighted by molar-refractivity contribution is 0.0703. The van der Waals surface area contributed by atoms with Crippen molar-refractivity contribution < 1.29 is 9.32 Å². The molecule has 0 aliphatic carbocycles. The fourth-order valence-corrected chi connectivity index (χ4v) is 3.20. The first-order valence-electron chi connectivity index (χ1n) is 8.29. The molecule has 0 unspecified atom stereocenters. The van der Waals surface area contributed by atoms with Crippen molar-refractivity contribution in [3.05, 3.63) is 41.8 Å². The molecule has 1 aromatic carbocycles. The highest BCUT2D eigenvalue weighted by Crippen LogP contribution is 2.26. The quantitative estimate of drug-likeness (QED) is 0.799. The number of H-pyrrole nitrogens is 1. The minimum Gasteiger partial charge on any atom is -0.345 e. The number of carbonyl (C=O) groups excluding carboxylic acids is 1. The van der Waals surface area contributed by atoms with E-state index in [1.165, 1.54) is 0 Å². The number of amides is 1. The number of fused-ring (bicyclic) bond motifs is 1. The molecule has 3 aromatic rings. The Kier molecular flexibility index (Phi) is 3.76. The molecule has 0 bridgehead atoms. The van der Waals surface area contributed by atoms with E-state index in [0.717, 1.165) is 36.8 Å². The van der Waals surface area contributed by atoms with E-state index in [9.17, 15) is 4.79 Å². The summed E-state index contributed by atoms with van der Waals surface area (Å²) >= 11 is 0. The maximum atomic E-state index is 12.8. The second-order valence-electron chi connectivity index (χ2n) is 6.12. The average molecular weight is 325 g/mol. The van der Waals surface area contributed by atoms with Crippen LogP contribution in [-0.2, 0) is 6.42 Å². The Balaban J connectivity index is 1.53. The molecule has 1 N–H and O–H groups in total. The summed E-state index contributed by atoms with van der Waals surface area (Å²) in [4.78, 5) is 26.4. The summed E-state index contributed by atoms with van der Waals surface area (Å²) in [6.45, 7) is 3.37. The first-order valence-corrected chi connectivity index (χ1v) is 8.29. The summed E-state index contributed by atoms with van der Waals surface area (Å²) in [6.07, 6.45) is 4.29. The summed E-state index contributed by atoms with van der Waals surface area (Å²) in [5, 5.41) is 4.07. The van der Waals surface area contributed by atoms with Crippen LogP contribution in [0, 0.1) is 0 Å². The van der Waals surface area contributed by atoms with Gasteiger partial charge in [0, 0.05) is 31.0 Å². The van der Waals surface area contributed by atoms with E-state index >= 15 is 0 Å². The standard InChI is InChI=1S/C17H19N5O2/c1-2-15-20-16(21-24-15)12-4-3-7-22(9-12)17(23)11-5-6-13-14(8-11)19-10-18-13/h5-6,8,10,12H,2-4,7,9H2,1H3,(H,18,19)/t12-/m1/s1. The second kappa shape index (κ2) is 6.07. The molecule has 24 heavy (non-hydrogen) atoms. The van der Waals surface area contributed by atoms with Crippen LogP contribution in [0.5, 0.6) is 0 Å². The smallest absolute Gasteiger partial charge is 0.253 e. The predicted molar refractivity (Wildman–Crippen MR) is 87.6 cm³/mol. The molecule has 4 rings (SSSR count). The molecule has 1 amide bonds. The zero-order valence-electron chi connectivity index (χ0n) is 13.5. The van der Waals surface area contributed by atoms with Crippen molar-refractivity contribution in [2.75, 3.05) is 13.1 Å². The number of nitrogens with one attached hydrogen (secondary N) is 1. The van der Waals surface area contributed by atoms with Gasteiger partial charge in [0.1, 0.15) is 0 Å². The summed E-state index contributed by atoms with van der Waals surface area (Å²) < 4.78 is 5.21. The van der Waals surface area contributed by atoms with Gasteiger partial charge in [-0.15, -0.1) is 0 Å². The van der Waals surface area contributed by atoms with Crippen LogP contribution in [0.4, 0.5) is 0 Å². The van der Waals surface area contributed by atoms with Crippen molar-refractivity contribution in [2.24, 2.45) is 0 Å². The van der Waals surface area contributed by atoms with Crippen molar-refractivity contribution >= 4 is 16.9 Å². The molecule has 7 nitrogen and oxygen atoms in total. The second-order valence-corrected chi connectivity index (χ2v) is 6.12. The molecule has 1 saturated heterocycles. The number of piperidine rings is 1. The number of hydrogen-bond donors (Lipinski definition) is 1. The first-order chi connectivity index (χ1) is 11.7. The van der Waals surface area contributed by atoms with Crippen molar-refractivity contribution in [3.63, 3.8) is 0 Å². The highest BCUT2D eigenvalue weighted by atomic mass is 16.5. The van der Waals surface area contributed by atoms with E-state index in [0.29, 0.717) is 23.8 Å². The Bertz CT molecular complexity index is 869. The Hall–Kier alpha value is -2.70. The molecule has 7 heteroatoms. The van der Waals surface area contributed by atoms with E-state index in [1.807, 2.05) is 30.0 Å². The maximum absolute atomic E-state index is 12.8. The lowest BCUT2D eigenvalue weighted by Gasteiger charge is -2.31. The van der Waals surface area contributed by atoms with Crippen LogP contribution in [0.2, 0.25) is 0 Å². The molecular weight excluding hydrogens is 306 g/mol. The van der Waals surface area contributed by atoms with E-state index in [4.69, 9.17) is 4.52 Å². The largest absolute Gasteiger partial charge is 0.345 e. The number of benzene rings is 1. The van der Waals surface area contributed by atoms with Crippen molar-refractivity contribution in [3.8, 4) is 0 Å². The third-order valence-corrected chi connectivity index (χ3v) is 4.53. The SMILES string of the molecule is CCc1nc([C@@H]2CCCN(C(=O)c3ccc4nc[nH]c4c3)C2)no1. The number of nitrogens with zero attached hydrogens (tertiary/aromatic N) is 4. The third kappa shape index (κ3) is 2.66. The van der Waals surface area contributed by atoms with Crippen LogP contribution in [0.3, 0.4) is 0 Å². The zero-order valence-corrected chi connectivity index (χ0v) is 13.5. The number of rotatable bonds is 3. The molecule has 1 fully saturated rings. The van der Waals surface area contributed by atoms with Crippen molar-refractivity contribution in [1.82, 2.24) is 25.0 Å². The Morgan fingerprint density at radius 2 is 2.38 bits per heavy atom. The minimum atomic E-state index is 0.0374. The van der Waals surface area contributed by atoms with Gasteiger partial charge in [0.2, 0.25) is 5.89 Å². The van der Waals surface area contributed by atoms with E-state index in [2.05, 4.69) is 20.1 Å². The molecule has 1 aliphatic rings. The van der Waals surface area contributed by atoms with Crippen LogP contribution in [-0.4, -0.2) is 44.0 Å². The van der Waals surface area contributed by atoms with Gasteiger partial charge in [-0.05, 0) is 31.0 Å². The minimum absolute atomic E-state index is 0.0374. The molecule has 0 saturated carbocycles. The molecule has 0 radical (unpaired) electrons. The number of aromatic amines is 1. The van der Waals surface area contributed by atoms with E-state index in [1.54, 1.807) is 6.33 Å². The van der Waals surface area contributed by atoms with Crippen LogP contribution in [0.15, 0.2) is 29.0 Å². The summed E-state index contributed by atoms with van der Waals surface area (Å²) in [5.41, 5.74) is 2.41. The van der Waals surface area contributed by atoms with E-state index < -0.39 is 0 Å². The Morgan fingerprint density at radius 1 is 1.46 bits per heavy atom. The summed E-state index contributed by atoms with van der Waals surface area (Å²) in [6, 6.07) is 5.56. The highest BCUT2D eigenvalue weighted by molar-refractivity contribution is 5.97. The molecular formula is C17H19N5O2. The van der Waals surface area contributed by atoms with Gasteiger partial charge in [-0.3, -0.25) is 4.79 Å². The summed E-state index contributed by atoms with van der Waals surface area (Å²) in [5.74, 6) is 1.55. The Labute approximate surface area is 139 Å². The molecule has 0 spiro atoms. The molecule has 3 heterocycles. The van der Waals surface area contributed by atoms with Crippen LogP contribution < -0.4 is 0 Å². The lowest BCUT2D eigenvalue weighted by atomic mass is 9.96. The van der Waals surface area contributed by atoms with Gasteiger partial charge in [0.25, 0.3) is 5.91 Å². The van der Waals surface area contributed by atoms with Crippen molar-refractivity contribution in [2.45, 2.75) is 32.1 Å². The zero-order chi connectivity index (χ0) is 16.5. The van der Waals surface area contributed by atoms with Gasteiger partial charge in [0.05, 0.1) is 17.4 Å².